The minimum absolute atomic E-state index is 0.120. The maximum atomic E-state index is 11.6. The standard InChI is InChI=1S/C16H23NOS/c1-6-8-14(13(5)18)17-12(4)16-10-11(3)15(19-16)9-7-2/h7,9-10,14,17H,4,6,8H2,1-3,5H3/b9-7-. The maximum absolute atomic E-state index is 11.6. The lowest BCUT2D eigenvalue weighted by Gasteiger charge is -2.17. The summed E-state index contributed by atoms with van der Waals surface area (Å²) in [7, 11) is 0. The van der Waals surface area contributed by atoms with Gasteiger partial charge >= 0.3 is 0 Å². The van der Waals surface area contributed by atoms with Gasteiger partial charge in [-0.15, -0.1) is 11.3 Å². The Morgan fingerprint density at radius 2 is 2.26 bits per heavy atom. The second-order valence-corrected chi connectivity index (χ2v) is 5.82. The number of thiophene rings is 1. The summed E-state index contributed by atoms with van der Waals surface area (Å²) in [6.45, 7) is 11.9. The van der Waals surface area contributed by atoms with E-state index in [1.54, 1.807) is 18.3 Å². The number of hydrogen-bond donors (Lipinski definition) is 1. The molecule has 2 nitrogen and oxygen atoms in total. The van der Waals surface area contributed by atoms with Crippen LogP contribution in [0, 0.1) is 6.92 Å². The van der Waals surface area contributed by atoms with Crippen molar-refractivity contribution in [1.29, 1.82) is 0 Å². The Morgan fingerprint density at radius 3 is 2.79 bits per heavy atom. The van der Waals surface area contributed by atoms with Crippen molar-refractivity contribution in [2.75, 3.05) is 0 Å². The van der Waals surface area contributed by atoms with Crippen LogP contribution in [-0.2, 0) is 4.79 Å². The third kappa shape index (κ3) is 4.35. The van der Waals surface area contributed by atoms with Gasteiger partial charge in [0, 0.05) is 10.6 Å². The van der Waals surface area contributed by atoms with Gasteiger partial charge in [0.25, 0.3) is 0 Å². The zero-order valence-electron chi connectivity index (χ0n) is 12.2. The predicted octanol–water partition coefficient (Wildman–Crippen LogP) is 4.41. The van der Waals surface area contributed by atoms with Gasteiger partial charge in [0.1, 0.15) is 0 Å². The molecule has 0 spiro atoms. The van der Waals surface area contributed by atoms with Gasteiger partial charge < -0.3 is 5.32 Å². The van der Waals surface area contributed by atoms with Crippen molar-refractivity contribution >= 4 is 28.9 Å². The summed E-state index contributed by atoms with van der Waals surface area (Å²) >= 11 is 1.70. The maximum Gasteiger partial charge on any atom is 0.151 e. The second kappa shape index (κ2) is 7.29. The van der Waals surface area contributed by atoms with Crippen LogP contribution in [0.3, 0.4) is 0 Å². The molecular formula is C16H23NOS. The number of hydrogen-bond acceptors (Lipinski definition) is 3. The number of ketones is 1. The molecule has 19 heavy (non-hydrogen) atoms. The van der Waals surface area contributed by atoms with Crippen molar-refractivity contribution in [3.8, 4) is 0 Å². The van der Waals surface area contributed by atoms with E-state index in [4.69, 9.17) is 0 Å². The van der Waals surface area contributed by atoms with Crippen LogP contribution >= 0.6 is 11.3 Å². The summed E-state index contributed by atoms with van der Waals surface area (Å²) in [5, 5.41) is 3.26. The Bertz CT molecular complexity index is 485. The minimum atomic E-state index is -0.120. The Morgan fingerprint density at radius 1 is 1.58 bits per heavy atom. The highest BCUT2D eigenvalue weighted by Gasteiger charge is 2.15. The monoisotopic (exact) mass is 277 g/mol. The van der Waals surface area contributed by atoms with E-state index >= 15 is 0 Å². The van der Waals surface area contributed by atoms with E-state index < -0.39 is 0 Å². The van der Waals surface area contributed by atoms with Crippen LogP contribution in [0.5, 0.6) is 0 Å². The number of nitrogens with one attached hydrogen (secondary N) is 1. The Hall–Kier alpha value is -1.35. The van der Waals surface area contributed by atoms with Gasteiger partial charge in [-0.05, 0) is 44.9 Å². The highest BCUT2D eigenvalue weighted by Crippen LogP contribution is 2.27. The number of aryl methyl sites for hydroxylation is 1. The molecule has 1 N–H and O–H groups in total. The lowest BCUT2D eigenvalue weighted by molar-refractivity contribution is -0.118. The second-order valence-electron chi connectivity index (χ2n) is 4.73. The molecule has 0 radical (unpaired) electrons. The van der Waals surface area contributed by atoms with E-state index in [1.165, 1.54) is 10.4 Å². The first kappa shape index (κ1) is 15.7. The van der Waals surface area contributed by atoms with Gasteiger partial charge in [0.2, 0.25) is 0 Å². The van der Waals surface area contributed by atoms with Gasteiger partial charge in [-0.1, -0.05) is 26.0 Å². The van der Waals surface area contributed by atoms with Crippen molar-refractivity contribution < 1.29 is 4.79 Å². The largest absolute Gasteiger partial charge is 0.375 e. The number of allylic oxidation sites excluding steroid dienone is 1. The van der Waals surface area contributed by atoms with Crippen LogP contribution in [0.25, 0.3) is 11.8 Å². The smallest absolute Gasteiger partial charge is 0.151 e. The summed E-state index contributed by atoms with van der Waals surface area (Å²) in [4.78, 5) is 13.9. The molecule has 1 heterocycles. The summed E-state index contributed by atoms with van der Waals surface area (Å²) in [6.07, 6.45) is 5.97. The van der Waals surface area contributed by atoms with Crippen molar-refractivity contribution in [3.05, 3.63) is 34.0 Å². The van der Waals surface area contributed by atoms with Crippen LogP contribution in [0.2, 0.25) is 0 Å². The van der Waals surface area contributed by atoms with Crippen molar-refractivity contribution in [3.63, 3.8) is 0 Å². The number of rotatable bonds is 7. The van der Waals surface area contributed by atoms with Gasteiger partial charge in [-0.2, -0.15) is 0 Å². The average molecular weight is 277 g/mol. The predicted molar refractivity (Wildman–Crippen MR) is 85.3 cm³/mol. The number of Topliss-reactive ketones (excluding diaryl/α,β-unsaturated/α-hetero) is 1. The molecule has 0 aliphatic carbocycles. The lowest BCUT2D eigenvalue weighted by atomic mass is 10.1. The zero-order chi connectivity index (χ0) is 14.4. The number of carbonyl (C=O) groups excluding carboxylic acids is 1. The van der Waals surface area contributed by atoms with Crippen molar-refractivity contribution in [1.82, 2.24) is 5.32 Å². The fourth-order valence-electron chi connectivity index (χ4n) is 1.91. The molecule has 1 aromatic heterocycles. The molecule has 3 heteroatoms. The van der Waals surface area contributed by atoms with E-state index in [0.717, 1.165) is 23.4 Å². The molecule has 0 saturated heterocycles. The van der Waals surface area contributed by atoms with Gasteiger partial charge in [-0.25, -0.2) is 0 Å². The highest BCUT2D eigenvalue weighted by molar-refractivity contribution is 7.14. The van der Waals surface area contributed by atoms with Gasteiger partial charge in [0.15, 0.2) is 5.78 Å². The van der Waals surface area contributed by atoms with Crippen LogP contribution in [0.4, 0.5) is 0 Å². The van der Waals surface area contributed by atoms with E-state index in [2.05, 4.69) is 37.9 Å². The van der Waals surface area contributed by atoms with Crippen LogP contribution in [0.1, 0.15) is 48.9 Å². The first-order valence-electron chi connectivity index (χ1n) is 6.69. The van der Waals surface area contributed by atoms with Gasteiger partial charge in [-0.3, -0.25) is 4.79 Å². The normalized spacial score (nSPS) is 12.6. The topological polar surface area (TPSA) is 29.1 Å². The Labute approximate surface area is 120 Å². The van der Waals surface area contributed by atoms with Crippen LogP contribution in [-0.4, -0.2) is 11.8 Å². The SMILES string of the molecule is C=C(NC(CCC)C(C)=O)c1cc(C)c(/C=C\C)s1. The first-order chi connectivity index (χ1) is 8.99. The summed E-state index contributed by atoms with van der Waals surface area (Å²) in [5.41, 5.74) is 2.09. The van der Waals surface area contributed by atoms with Crippen molar-refractivity contribution in [2.45, 2.75) is 46.6 Å². The lowest BCUT2D eigenvalue weighted by Crippen LogP contribution is -2.33. The fourth-order valence-corrected chi connectivity index (χ4v) is 2.99. The third-order valence-electron chi connectivity index (χ3n) is 2.99. The molecule has 1 unspecified atom stereocenters. The molecular weight excluding hydrogens is 254 g/mol. The Kier molecular flexibility index (Phi) is 6.03. The van der Waals surface area contributed by atoms with E-state index in [-0.39, 0.29) is 11.8 Å². The number of carbonyl (C=O) groups is 1. The molecule has 1 atom stereocenters. The fraction of sp³-hybridized carbons (Fsp3) is 0.438. The summed E-state index contributed by atoms with van der Waals surface area (Å²) < 4.78 is 0. The molecule has 0 fully saturated rings. The molecule has 1 aromatic rings. The molecule has 0 aliphatic rings. The molecule has 1 rings (SSSR count). The summed E-state index contributed by atoms with van der Waals surface area (Å²) in [6, 6.07) is 2.00. The third-order valence-corrected chi connectivity index (χ3v) is 4.25. The summed E-state index contributed by atoms with van der Waals surface area (Å²) in [5.74, 6) is 0.171. The molecule has 104 valence electrons. The quantitative estimate of drug-likeness (QED) is 0.800. The van der Waals surface area contributed by atoms with Crippen molar-refractivity contribution in [2.24, 2.45) is 0 Å². The van der Waals surface area contributed by atoms with E-state index in [1.807, 2.05) is 13.0 Å². The van der Waals surface area contributed by atoms with E-state index in [0.29, 0.717) is 0 Å². The molecule has 0 aromatic carbocycles. The van der Waals surface area contributed by atoms with Crippen LogP contribution < -0.4 is 5.32 Å². The molecule has 0 aliphatic heterocycles. The first-order valence-corrected chi connectivity index (χ1v) is 7.50. The zero-order valence-corrected chi connectivity index (χ0v) is 13.1. The van der Waals surface area contributed by atoms with Crippen LogP contribution in [0.15, 0.2) is 18.7 Å². The molecule has 0 bridgehead atoms. The highest BCUT2D eigenvalue weighted by atomic mass is 32.1. The average Bonchev–Trinajstić information content (AvgIpc) is 2.71. The molecule has 0 saturated carbocycles. The van der Waals surface area contributed by atoms with E-state index in [9.17, 15) is 4.79 Å². The Balaban J connectivity index is 2.82. The molecule has 0 amide bonds. The minimum Gasteiger partial charge on any atom is -0.375 e. The van der Waals surface area contributed by atoms with Gasteiger partial charge in [0.05, 0.1) is 10.9 Å².